The molecule has 2 N–H and O–H groups in total. The summed E-state index contributed by atoms with van der Waals surface area (Å²) in [5, 5.41) is 8.77. The maximum absolute atomic E-state index is 12.5. The summed E-state index contributed by atoms with van der Waals surface area (Å²) >= 11 is 0. The van der Waals surface area contributed by atoms with Crippen molar-refractivity contribution in [2.24, 2.45) is 0 Å². The highest BCUT2D eigenvalue weighted by atomic mass is 32.2. The molecule has 2 aromatic carbocycles. The summed E-state index contributed by atoms with van der Waals surface area (Å²) in [6, 6.07) is 14.3. The summed E-state index contributed by atoms with van der Waals surface area (Å²) in [5.41, 5.74) is 7.87. The van der Waals surface area contributed by atoms with Crippen molar-refractivity contribution in [1.82, 2.24) is 0 Å². The number of benzene rings is 2. The molecule has 0 saturated carbocycles. The van der Waals surface area contributed by atoms with Gasteiger partial charge in [0.2, 0.25) is 0 Å². The lowest BCUT2D eigenvalue weighted by atomic mass is 10.2. The zero-order valence-electron chi connectivity index (χ0n) is 11.7. The van der Waals surface area contributed by atoms with Crippen LogP contribution in [0.3, 0.4) is 0 Å². The fraction of sp³-hybridized carbons (Fsp3) is 0.188. The predicted molar refractivity (Wildman–Crippen MR) is 83.3 cm³/mol. The number of rotatable bonds is 5. The number of nitrogens with two attached hydrogens (primary N) is 1. The third kappa shape index (κ3) is 3.83. The monoisotopic (exact) mass is 300 g/mol. The van der Waals surface area contributed by atoms with Gasteiger partial charge in [0.15, 0.2) is 0 Å². The Morgan fingerprint density at radius 2 is 1.95 bits per heavy atom. The van der Waals surface area contributed by atoms with E-state index in [1.165, 1.54) is 0 Å². The Balaban J connectivity index is 2.19. The molecule has 0 saturated heterocycles. The van der Waals surface area contributed by atoms with Crippen LogP contribution in [0.5, 0.6) is 5.75 Å². The molecule has 5 heteroatoms. The second kappa shape index (κ2) is 6.91. The van der Waals surface area contributed by atoms with Crippen LogP contribution in [0.4, 0.5) is 5.69 Å². The molecule has 0 radical (unpaired) electrons. The molecule has 108 valence electrons. The van der Waals surface area contributed by atoms with E-state index in [0.717, 1.165) is 5.56 Å². The van der Waals surface area contributed by atoms with Crippen molar-refractivity contribution >= 4 is 16.5 Å². The molecule has 2 aromatic rings. The minimum Gasteiger partial charge on any atom is -0.494 e. The fourth-order valence-electron chi connectivity index (χ4n) is 1.87. The fourth-order valence-corrected chi connectivity index (χ4v) is 3.10. The van der Waals surface area contributed by atoms with E-state index in [-0.39, 0.29) is 0 Å². The molecule has 0 fully saturated rings. The van der Waals surface area contributed by atoms with Crippen molar-refractivity contribution in [2.75, 3.05) is 12.3 Å². The molecule has 1 atom stereocenters. The number of anilines is 1. The van der Waals surface area contributed by atoms with Crippen molar-refractivity contribution in [2.45, 2.75) is 17.6 Å². The summed E-state index contributed by atoms with van der Waals surface area (Å²) in [5.74, 6) is 1.01. The van der Waals surface area contributed by atoms with E-state index >= 15 is 0 Å². The Bertz CT molecular complexity index is 690. The van der Waals surface area contributed by atoms with Gasteiger partial charge in [-0.2, -0.15) is 5.26 Å². The summed E-state index contributed by atoms with van der Waals surface area (Å²) < 4.78 is 17.9. The van der Waals surface area contributed by atoms with Crippen LogP contribution >= 0.6 is 0 Å². The molecule has 2 rings (SSSR count). The molecule has 0 aliphatic rings. The standard InChI is InChI=1S/C16H16N2O2S/c1-2-20-14-7-8-15(18)16(9-14)21(19)11-13-5-3-12(10-17)4-6-13/h3-9H,2,11,18H2,1H3. The second-order valence-electron chi connectivity index (χ2n) is 4.43. The van der Waals surface area contributed by atoms with E-state index in [1.807, 2.05) is 6.92 Å². The number of hydrogen-bond donors (Lipinski definition) is 1. The number of nitrogens with zero attached hydrogens (tertiary/aromatic N) is 1. The van der Waals surface area contributed by atoms with E-state index in [4.69, 9.17) is 15.7 Å². The van der Waals surface area contributed by atoms with E-state index in [9.17, 15) is 4.21 Å². The first-order chi connectivity index (χ1) is 10.1. The Morgan fingerprint density at radius 3 is 2.57 bits per heavy atom. The first-order valence-corrected chi connectivity index (χ1v) is 7.85. The van der Waals surface area contributed by atoms with E-state index < -0.39 is 10.8 Å². The first-order valence-electron chi connectivity index (χ1n) is 6.53. The minimum absolute atomic E-state index is 0.353. The molecule has 0 bridgehead atoms. The molecular weight excluding hydrogens is 284 g/mol. The van der Waals surface area contributed by atoms with Crippen LogP contribution < -0.4 is 10.5 Å². The van der Waals surface area contributed by atoms with E-state index in [1.54, 1.807) is 42.5 Å². The summed E-state index contributed by atoms with van der Waals surface area (Å²) in [4.78, 5) is 0.574. The van der Waals surface area contributed by atoms with Crippen LogP contribution in [0, 0.1) is 11.3 Å². The highest BCUT2D eigenvalue weighted by Crippen LogP contribution is 2.24. The average molecular weight is 300 g/mol. The number of nitrogen functional groups attached to an aromatic ring is 1. The highest BCUT2D eigenvalue weighted by molar-refractivity contribution is 7.84. The number of hydrogen-bond acceptors (Lipinski definition) is 4. The van der Waals surface area contributed by atoms with Gasteiger partial charge >= 0.3 is 0 Å². The smallest absolute Gasteiger partial charge is 0.120 e. The molecule has 0 aliphatic heterocycles. The zero-order chi connectivity index (χ0) is 15.2. The highest BCUT2D eigenvalue weighted by Gasteiger charge is 2.10. The quantitative estimate of drug-likeness (QED) is 0.861. The van der Waals surface area contributed by atoms with Gasteiger partial charge in [0.05, 0.1) is 39.7 Å². The predicted octanol–water partition coefficient (Wildman–Crippen LogP) is 2.85. The lowest BCUT2D eigenvalue weighted by Crippen LogP contribution is -2.02. The normalized spacial score (nSPS) is 11.6. The van der Waals surface area contributed by atoms with Gasteiger partial charge in [-0.3, -0.25) is 4.21 Å². The van der Waals surface area contributed by atoms with Gasteiger partial charge in [-0.25, -0.2) is 0 Å². The Hall–Kier alpha value is -2.32. The largest absolute Gasteiger partial charge is 0.494 e. The lowest BCUT2D eigenvalue weighted by Gasteiger charge is -2.09. The van der Waals surface area contributed by atoms with Gasteiger partial charge in [0.1, 0.15) is 5.75 Å². The summed E-state index contributed by atoms with van der Waals surface area (Å²) in [7, 11) is -1.26. The van der Waals surface area contributed by atoms with Crippen molar-refractivity contribution in [3.63, 3.8) is 0 Å². The maximum atomic E-state index is 12.5. The van der Waals surface area contributed by atoms with Gasteiger partial charge in [-0.15, -0.1) is 0 Å². The Kier molecular flexibility index (Phi) is 4.96. The maximum Gasteiger partial charge on any atom is 0.120 e. The van der Waals surface area contributed by atoms with Crippen LogP contribution in [0.2, 0.25) is 0 Å². The average Bonchev–Trinajstić information content (AvgIpc) is 2.50. The van der Waals surface area contributed by atoms with Crippen molar-refractivity contribution in [3.8, 4) is 11.8 Å². The van der Waals surface area contributed by atoms with Gasteiger partial charge < -0.3 is 10.5 Å². The molecule has 0 aromatic heterocycles. The SMILES string of the molecule is CCOc1ccc(N)c(S(=O)Cc2ccc(C#N)cc2)c1. The van der Waals surface area contributed by atoms with Crippen molar-refractivity contribution < 1.29 is 8.95 Å². The Labute approximate surface area is 126 Å². The molecule has 21 heavy (non-hydrogen) atoms. The Morgan fingerprint density at radius 1 is 1.24 bits per heavy atom. The van der Waals surface area contributed by atoms with Crippen molar-refractivity contribution in [3.05, 3.63) is 53.6 Å². The minimum atomic E-state index is -1.26. The van der Waals surface area contributed by atoms with Crippen LogP contribution in [0.1, 0.15) is 18.1 Å². The van der Waals surface area contributed by atoms with Crippen LogP contribution in [0.25, 0.3) is 0 Å². The van der Waals surface area contributed by atoms with Crippen LogP contribution in [0.15, 0.2) is 47.4 Å². The van der Waals surface area contributed by atoms with E-state index in [2.05, 4.69) is 6.07 Å². The summed E-state index contributed by atoms with van der Waals surface area (Å²) in [6.45, 7) is 2.44. The molecule has 1 unspecified atom stereocenters. The number of nitriles is 1. The van der Waals surface area contributed by atoms with Gasteiger partial charge in [-0.1, -0.05) is 12.1 Å². The first kappa shape index (κ1) is 15.1. The molecule has 0 spiro atoms. The van der Waals surface area contributed by atoms with Crippen LogP contribution in [-0.4, -0.2) is 10.8 Å². The molecular formula is C16H16N2O2S. The third-order valence-electron chi connectivity index (χ3n) is 2.92. The third-order valence-corrected chi connectivity index (χ3v) is 4.36. The second-order valence-corrected chi connectivity index (χ2v) is 5.85. The zero-order valence-corrected chi connectivity index (χ0v) is 12.5. The molecule has 0 amide bonds. The molecule has 0 aliphatic carbocycles. The van der Waals surface area contributed by atoms with Gasteiger partial charge in [0.25, 0.3) is 0 Å². The van der Waals surface area contributed by atoms with Gasteiger partial charge in [-0.05, 0) is 42.8 Å². The van der Waals surface area contributed by atoms with Crippen molar-refractivity contribution in [1.29, 1.82) is 5.26 Å². The van der Waals surface area contributed by atoms with E-state index in [0.29, 0.717) is 34.3 Å². The topological polar surface area (TPSA) is 76.1 Å². The molecule has 4 nitrogen and oxygen atoms in total. The number of ether oxygens (including phenoxy) is 1. The lowest BCUT2D eigenvalue weighted by molar-refractivity contribution is 0.339. The van der Waals surface area contributed by atoms with Crippen LogP contribution in [-0.2, 0) is 16.6 Å². The van der Waals surface area contributed by atoms with Gasteiger partial charge in [0, 0.05) is 5.69 Å². The summed E-state index contributed by atoms with van der Waals surface area (Å²) in [6.07, 6.45) is 0. The molecule has 0 heterocycles.